The van der Waals surface area contributed by atoms with E-state index in [2.05, 4.69) is 38.3 Å². The fraction of sp³-hybridized carbons (Fsp3) is 0.250. The van der Waals surface area contributed by atoms with Crippen LogP contribution in [-0.4, -0.2) is 10.2 Å². The van der Waals surface area contributed by atoms with Crippen LogP contribution in [0.4, 0.5) is 0 Å². The minimum Gasteiger partial charge on any atom is -0.286 e. The molecule has 1 aliphatic rings. The Bertz CT molecular complexity index is 425. The molecule has 0 saturated heterocycles. The Balaban J connectivity index is 0.000000162. The molecule has 2 nitrogen and oxygen atoms in total. The van der Waals surface area contributed by atoms with E-state index in [-0.39, 0.29) is 0 Å². The Morgan fingerprint density at radius 2 is 2.31 bits per heavy atom. The van der Waals surface area contributed by atoms with Crippen LogP contribution >= 0.6 is 27.5 Å². The van der Waals surface area contributed by atoms with E-state index in [1.165, 1.54) is 17.5 Å². The van der Waals surface area contributed by atoms with Crippen molar-refractivity contribution in [2.75, 3.05) is 0 Å². The van der Waals surface area contributed by atoms with Gasteiger partial charge in [-0.2, -0.15) is 5.10 Å². The van der Waals surface area contributed by atoms with Crippen molar-refractivity contribution in [2.45, 2.75) is 17.7 Å². The van der Waals surface area contributed by atoms with Crippen molar-refractivity contribution < 1.29 is 0 Å². The first-order chi connectivity index (χ1) is 7.77. The standard InChI is InChI=1S/C9H8BrCl.C3H4N2/c10-9-4-1-6-5-7(11)2-3-8(6)9;1-2-4-5-3-1/h2-3,5,9H,1,4H2;1-3H,(H,4,5). The molecule has 16 heavy (non-hydrogen) atoms. The summed E-state index contributed by atoms with van der Waals surface area (Å²) in [5.74, 6) is 0. The summed E-state index contributed by atoms with van der Waals surface area (Å²) in [5.41, 5.74) is 2.81. The second-order valence-corrected chi connectivity index (χ2v) is 5.16. The van der Waals surface area contributed by atoms with Crippen LogP contribution in [0.5, 0.6) is 0 Å². The minimum absolute atomic E-state index is 0.551. The van der Waals surface area contributed by atoms with Crippen molar-refractivity contribution in [1.82, 2.24) is 10.2 Å². The lowest BCUT2D eigenvalue weighted by Gasteiger charge is -2.01. The van der Waals surface area contributed by atoms with Crippen molar-refractivity contribution in [3.05, 3.63) is 52.8 Å². The van der Waals surface area contributed by atoms with Gasteiger partial charge in [0, 0.05) is 22.2 Å². The first kappa shape index (κ1) is 11.7. The number of aromatic amines is 1. The highest BCUT2D eigenvalue weighted by molar-refractivity contribution is 9.09. The number of nitrogens with one attached hydrogen (secondary N) is 1. The molecule has 1 aromatic carbocycles. The summed E-state index contributed by atoms with van der Waals surface area (Å²) in [5, 5.41) is 7.06. The van der Waals surface area contributed by atoms with Crippen LogP contribution in [0.15, 0.2) is 36.7 Å². The predicted molar refractivity (Wildman–Crippen MR) is 70.0 cm³/mol. The summed E-state index contributed by atoms with van der Waals surface area (Å²) in [6.07, 6.45) is 5.82. The first-order valence-corrected chi connectivity index (χ1v) is 6.43. The number of fused-ring (bicyclic) bond motifs is 1. The number of halogens is 2. The van der Waals surface area contributed by atoms with E-state index in [1.807, 2.05) is 12.1 Å². The van der Waals surface area contributed by atoms with E-state index in [0.717, 1.165) is 11.4 Å². The molecule has 0 amide bonds. The maximum Gasteiger partial charge on any atom is 0.0487 e. The number of nitrogens with zero attached hydrogens (tertiary/aromatic N) is 1. The lowest BCUT2D eigenvalue weighted by Crippen LogP contribution is -1.81. The summed E-state index contributed by atoms with van der Waals surface area (Å²) in [4.78, 5) is 0.551. The van der Waals surface area contributed by atoms with Crippen LogP contribution in [-0.2, 0) is 6.42 Å². The van der Waals surface area contributed by atoms with Gasteiger partial charge in [0.1, 0.15) is 0 Å². The van der Waals surface area contributed by atoms with Crippen LogP contribution in [0.3, 0.4) is 0 Å². The average molecular weight is 300 g/mol. The highest BCUT2D eigenvalue weighted by Crippen LogP contribution is 2.38. The van der Waals surface area contributed by atoms with Crippen molar-refractivity contribution >= 4 is 27.5 Å². The molecule has 84 valence electrons. The summed E-state index contributed by atoms with van der Waals surface area (Å²) in [7, 11) is 0. The molecular formula is C12H12BrClN2. The molecule has 0 saturated carbocycles. The van der Waals surface area contributed by atoms with E-state index in [4.69, 9.17) is 11.6 Å². The number of hydrogen-bond acceptors (Lipinski definition) is 1. The van der Waals surface area contributed by atoms with Gasteiger partial charge in [0.15, 0.2) is 0 Å². The molecule has 4 heteroatoms. The average Bonchev–Trinajstić information content (AvgIpc) is 2.92. The predicted octanol–water partition coefficient (Wildman–Crippen LogP) is 4.13. The van der Waals surface area contributed by atoms with Crippen LogP contribution in [0, 0.1) is 0 Å². The third-order valence-corrected chi connectivity index (χ3v) is 3.70. The summed E-state index contributed by atoms with van der Waals surface area (Å²) in [6, 6.07) is 7.97. The minimum atomic E-state index is 0.551. The first-order valence-electron chi connectivity index (χ1n) is 5.13. The van der Waals surface area contributed by atoms with Gasteiger partial charge in [-0.05, 0) is 42.2 Å². The highest BCUT2D eigenvalue weighted by Gasteiger charge is 2.19. The number of alkyl halides is 1. The van der Waals surface area contributed by atoms with E-state index >= 15 is 0 Å². The highest BCUT2D eigenvalue weighted by atomic mass is 79.9. The number of aryl methyl sites for hydroxylation is 1. The molecule has 0 radical (unpaired) electrons. The van der Waals surface area contributed by atoms with Crippen molar-refractivity contribution in [2.24, 2.45) is 0 Å². The summed E-state index contributed by atoms with van der Waals surface area (Å²) in [6.45, 7) is 0. The Hall–Kier alpha value is -0.800. The molecule has 0 fully saturated rings. The SMILES string of the molecule is Clc1ccc2c(c1)CCC2Br.c1cn[nH]c1. The second kappa shape index (κ2) is 5.51. The third kappa shape index (κ3) is 2.86. The van der Waals surface area contributed by atoms with Gasteiger partial charge >= 0.3 is 0 Å². The van der Waals surface area contributed by atoms with Gasteiger partial charge in [-0.15, -0.1) is 0 Å². The zero-order chi connectivity index (χ0) is 11.4. The number of aromatic nitrogens is 2. The second-order valence-electron chi connectivity index (χ2n) is 3.62. The fourth-order valence-corrected chi connectivity index (χ4v) is 2.62. The number of rotatable bonds is 0. The van der Waals surface area contributed by atoms with Gasteiger partial charge < -0.3 is 0 Å². The van der Waals surface area contributed by atoms with Crippen molar-refractivity contribution in [1.29, 1.82) is 0 Å². The molecule has 1 atom stereocenters. The van der Waals surface area contributed by atoms with Crippen LogP contribution in [0.25, 0.3) is 0 Å². The molecule has 1 N–H and O–H groups in total. The zero-order valence-electron chi connectivity index (χ0n) is 8.66. The third-order valence-electron chi connectivity index (χ3n) is 2.52. The van der Waals surface area contributed by atoms with Gasteiger partial charge in [-0.25, -0.2) is 0 Å². The van der Waals surface area contributed by atoms with E-state index in [9.17, 15) is 0 Å². The van der Waals surface area contributed by atoms with Gasteiger partial charge in [0.2, 0.25) is 0 Å². The molecule has 1 unspecified atom stereocenters. The van der Waals surface area contributed by atoms with Crippen LogP contribution in [0.1, 0.15) is 22.4 Å². The lowest BCUT2D eigenvalue weighted by molar-refractivity contribution is 0.903. The molecule has 0 spiro atoms. The monoisotopic (exact) mass is 298 g/mol. The number of hydrogen-bond donors (Lipinski definition) is 1. The van der Waals surface area contributed by atoms with E-state index in [1.54, 1.807) is 12.4 Å². The van der Waals surface area contributed by atoms with Crippen molar-refractivity contribution in [3.63, 3.8) is 0 Å². The Morgan fingerprint density at radius 3 is 2.94 bits per heavy atom. The fourth-order valence-electron chi connectivity index (χ4n) is 1.75. The van der Waals surface area contributed by atoms with Gasteiger partial charge in [0.05, 0.1) is 0 Å². The smallest absolute Gasteiger partial charge is 0.0487 e. The summed E-state index contributed by atoms with van der Waals surface area (Å²) >= 11 is 9.47. The van der Waals surface area contributed by atoms with Gasteiger partial charge in [-0.1, -0.05) is 33.6 Å². The van der Waals surface area contributed by atoms with Gasteiger partial charge in [-0.3, -0.25) is 5.10 Å². The lowest BCUT2D eigenvalue weighted by atomic mass is 10.1. The quantitative estimate of drug-likeness (QED) is 0.728. The Kier molecular flexibility index (Phi) is 4.02. The molecule has 0 bridgehead atoms. The Labute approximate surface area is 108 Å². The van der Waals surface area contributed by atoms with E-state index in [0.29, 0.717) is 4.83 Å². The maximum atomic E-state index is 5.86. The normalized spacial score (nSPS) is 17.5. The number of benzene rings is 1. The molecule has 1 aliphatic carbocycles. The maximum absolute atomic E-state index is 5.86. The molecule has 2 aromatic rings. The molecule has 0 aliphatic heterocycles. The van der Waals surface area contributed by atoms with E-state index < -0.39 is 0 Å². The molecule has 3 rings (SSSR count). The van der Waals surface area contributed by atoms with Gasteiger partial charge in [0.25, 0.3) is 0 Å². The van der Waals surface area contributed by atoms with Crippen molar-refractivity contribution in [3.8, 4) is 0 Å². The Morgan fingerprint density at radius 1 is 1.44 bits per heavy atom. The topological polar surface area (TPSA) is 28.7 Å². The van der Waals surface area contributed by atoms with Crippen LogP contribution < -0.4 is 0 Å². The molecule has 1 aromatic heterocycles. The van der Waals surface area contributed by atoms with Crippen LogP contribution in [0.2, 0.25) is 5.02 Å². The molecule has 1 heterocycles. The zero-order valence-corrected chi connectivity index (χ0v) is 11.0. The largest absolute Gasteiger partial charge is 0.286 e. The molecular weight excluding hydrogens is 288 g/mol. The number of H-pyrrole nitrogens is 1. The summed E-state index contributed by atoms with van der Waals surface area (Å²) < 4.78 is 0.